The molecule has 240 valence electrons. The van der Waals surface area contributed by atoms with Crippen molar-refractivity contribution in [1.82, 2.24) is 19.7 Å². The number of nitrogens with zero attached hydrogens (tertiary/aromatic N) is 4. The number of carbonyl (C=O) groups excluding carboxylic acids is 1. The number of benzene rings is 3. The smallest absolute Gasteiger partial charge is 0.310 e. The van der Waals surface area contributed by atoms with Crippen LogP contribution in [-0.4, -0.2) is 72.7 Å². The van der Waals surface area contributed by atoms with Crippen molar-refractivity contribution < 1.29 is 23.7 Å². The van der Waals surface area contributed by atoms with Crippen LogP contribution in [-0.2, 0) is 45.2 Å². The molecule has 10 heteroatoms. The maximum Gasteiger partial charge on any atom is 0.310 e. The van der Waals surface area contributed by atoms with Gasteiger partial charge >= 0.3 is 5.97 Å². The third-order valence-corrected chi connectivity index (χ3v) is 8.47. The third kappa shape index (κ3) is 6.99. The second kappa shape index (κ2) is 14.3. The van der Waals surface area contributed by atoms with Gasteiger partial charge in [-0.25, -0.2) is 4.98 Å². The molecule has 0 radical (unpaired) electrons. The van der Waals surface area contributed by atoms with E-state index in [-0.39, 0.29) is 19.0 Å². The van der Waals surface area contributed by atoms with Gasteiger partial charge in [0.1, 0.15) is 23.9 Å². The summed E-state index contributed by atoms with van der Waals surface area (Å²) in [4.78, 5) is 19.1. The van der Waals surface area contributed by atoms with Gasteiger partial charge in [0.2, 0.25) is 0 Å². The number of likely N-dealkylation sites (tertiary alicyclic amines) is 1. The topological polar surface area (TPSA) is 114 Å². The lowest BCUT2D eigenvalue weighted by Gasteiger charge is -2.39. The van der Waals surface area contributed by atoms with Gasteiger partial charge in [0.25, 0.3) is 0 Å². The number of fused-ring (bicyclic) bond motifs is 2. The van der Waals surface area contributed by atoms with Crippen LogP contribution in [0.5, 0.6) is 5.75 Å². The van der Waals surface area contributed by atoms with E-state index in [2.05, 4.69) is 51.0 Å². The van der Waals surface area contributed by atoms with Gasteiger partial charge in [-0.05, 0) is 65.4 Å². The highest BCUT2D eigenvalue weighted by atomic mass is 16.5. The number of nitrogen functional groups attached to an aromatic ring is 1. The number of esters is 1. The molecular formula is C36H41N5O5. The summed E-state index contributed by atoms with van der Waals surface area (Å²) >= 11 is 0. The zero-order valence-corrected chi connectivity index (χ0v) is 26.7. The molecule has 1 saturated heterocycles. The highest BCUT2D eigenvalue weighted by molar-refractivity contribution is 5.95. The predicted molar refractivity (Wildman–Crippen MR) is 179 cm³/mol. The Morgan fingerprint density at radius 3 is 2.54 bits per heavy atom. The molecule has 1 aliphatic rings. The second-order valence-electron chi connectivity index (χ2n) is 11.8. The number of hydrogen-bond acceptors (Lipinski definition) is 9. The number of rotatable bonds is 14. The molecular weight excluding hydrogens is 582 g/mol. The second-order valence-corrected chi connectivity index (χ2v) is 11.8. The minimum absolute atomic E-state index is 0.112. The molecule has 2 aromatic heterocycles. The Labute approximate surface area is 269 Å². The van der Waals surface area contributed by atoms with E-state index in [1.54, 1.807) is 27.3 Å². The van der Waals surface area contributed by atoms with E-state index in [4.69, 9.17) is 29.8 Å². The molecule has 2 N–H and O–H groups in total. The lowest BCUT2D eigenvalue weighted by molar-refractivity contribution is -0.142. The van der Waals surface area contributed by atoms with E-state index in [9.17, 15) is 4.79 Å². The molecule has 6 rings (SSSR count). The first-order chi connectivity index (χ1) is 22.4. The standard InChI is InChI=1S/C36H41N5O5/c1-4-45-35(42)18-29-15-24(22-44-3)5-10-34(29)46-23-32-31-17-28(27-7-6-26-11-12-38-36(37)30(26)16-27)8-9-33(31)41(39-32)21-25-19-40(20-25)13-14-43-2/h5-12,15-17,25H,4,13-14,18-23H2,1-3H3,(H2,37,38). The van der Waals surface area contributed by atoms with Crippen LogP contribution < -0.4 is 10.5 Å². The van der Waals surface area contributed by atoms with Crippen LogP contribution in [0.1, 0.15) is 23.7 Å². The summed E-state index contributed by atoms with van der Waals surface area (Å²) in [6, 6.07) is 20.5. The van der Waals surface area contributed by atoms with Crippen LogP contribution >= 0.6 is 0 Å². The van der Waals surface area contributed by atoms with Crippen molar-refractivity contribution in [3.8, 4) is 16.9 Å². The first kappa shape index (κ1) is 31.5. The Kier molecular flexibility index (Phi) is 9.77. The molecule has 46 heavy (non-hydrogen) atoms. The van der Waals surface area contributed by atoms with Crippen molar-refractivity contribution in [3.63, 3.8) is 0 Å². The van der Waals surface area contributed by atoms with Crippen molar-refractivity contribution in [2.45, 2.75) is 33.1 Å². The highest BCUT2D eigenvalue weighted by Gasteiger charge is 2.28. The quantitative estimate of drug-likeness (QED) is 0.166. The molecule has 0 spiro atoms. The van der Waals surface area contributed by atoms with Crippen molar-refractivity contribution in [2.75, 3.05) is 52.8 Å². The van der Waals surface area contributed by atoms with E-state index in [0.717, 1.165) is 82.4 Å². The number of methoxy groups -OCH3 is 2. The number of pyridine rings is 1. The van der Waals surface area contributed by atoms with Gasteiger partial charge in [-0.3, -0.25) is 9.48 Å². The van der Waals surface area contributed by atoms with E-state index in [1.807, 2.05) is 24.3 Å². The van der Waals surface area contributed by atoms with Crippen LogP contribution in [0.3, 0.4) is 0 Å². The normalized spacial score (nSPS) is 13.7. The lowest BCUT2D eigenvalue weighted by atomic mass is 9.99. The van der Waals surface area contributed by atoms with Crippen molar-refractivity contribution in [2.24, 2.45) is 5.92 Å². The summed E-state index contributed by atoms with van der Waals surface area (Å²) in [5, 5.41) is 8.08. The molecule has 0 atom stereocenters. The Balaban J connectivity index is 1.32. The molecule has 3 aromatic carbocycles. The van der Waals surface area contributed by atoms with Crippen LogP contribution in [0.2, 0.25) is 0 Å². The Morgan fingerprint density at radius 1 is 0.957 bits per heavy atom. The maximum absolute atomic E-state index is 12.4. The fourth-order valence-corrected chi connectivity index (χ4v) is 6.16. The summed E-state index contributed by atoms with van der Waals surface area (Å²) in [6.45, 7) is 7.35. The highest BCUT2D eigenvalue weighted by Crippen LogP contribution is 2.32. The Hall–Kier alpha value is -4.51. The van der Waals surface area contributed by atoms with Crippen molar-refractivity contribution >= 4 is 33.5 Å². The van der Waals surface area contributed by atoms with E-state index >= 15 is 0 Å². The molecule has 0 saturated carbocycles. The molecule has 0 aliphatic carbocycles. The fourth-order valence-electron chi connectivity index (χ4n) is 6.16. The number of carbonyl (C=O) groups is 1. The Morgan fingerprint density at radius 2 is 1.76 bits per heavy atom. The lowest BCUT2D eigenvalue weighted by Crippen LogP contribution is -2.49. The monoisotopic (exact) mass is 623 g/mol. The van der Waals surface area contributed by atoms with Crippen LogP contribution in [0.25, 0.3) is 32.8 Å². The van der Waals surface area contributed by atoms with Gasteiger partial charge in [-0.1, -0.05) is 24.3 Å². The summed E-state index contributed by atoms with van der Waals surface area (Å²) in [6.07, 6.45) is 1.84. The largest absolute Gasteiger partial charge is 0.487 e. The van der Waals surface area contributed by atoms with E-state index in [1.165, 1.54) is 0 Å². The van der Waals surface area contributed by atoms with Crippen molar-refractivity contribution in [1.29, 1.82) is 0 Å². The van der Waals surface area contributed by atoms with E-state index < -0.39 is 0 Å². The Bertz CT molecular complexity index is 1830. The van der Waals surface area contributed by atoms with Gasteiger partial charge in [-0.15, -0.1) is 0 Å². The van der Waals surface area contributed by atoms with Gasteiger partial charge in [0, 0.05) is 68.8 Å². The average molecular weight is 624 g/mol. The zero-order chi connectivity index (χ0) is 32.0. The average Bonchev–Trinajstić information content (AvgIpc) is 3.38. The van der Waals surface area contributed by atoms with Crippen LogP contribution in [0.15, 0.2) is 66.9 Å². The predicted octanol–water partition coefficient (Wildman–Crippen LogP) is 5.24. The van der Waals surface area contributed by atoms with Crippen molar-refractivity contribution in [3.05, 3.63) is 83.7 Å². The minimum Gasteiger partial charge on any atom is -0.487 e. The molecule has 0 bridgehead atoms. The molecule has 1 aliphatic heterocycles. The van der Waals surface area contributed by atoms with Gasteiger partial charge < -0.3 is 29.6 Å². The number of ether oxygens (including phenoxy) is 4. The number of aromatic nitrogens is 3. The first-order valence-electron chi connectivity index (χ1n) is 15.7. The zero-order valence-electron chi connectivity index (χ0n) is 26.7. The molecule has 3 heterocycles. The third-order valence-electron chi connectivity index (χ3n) is 8.47. The summed E-state index contributed by atoms with van der Waals surface area (Å²) in [7, 11) is 3.39. The fraction of sp³-hybridized carbons (Fsp3) is 0.361. The molecule has 10 nitrogen and oxygen atoms in total. The summed E-state index contributed by atoms with van der Waals surface area (Å²) in [5.41, 5.74) is 11.9. The maximum atomic E-state index is 12.4. The van der Waals surface area contributed by atoms with Gasteiger partial charge in [0.05, 0.1) is 31.8 Å². The van der Waals surface area contributed by atoms with Crippen LogP contribution in [0, 0.1) is 5.92 Å². The summed E-state index contributed by atoms with van der Waals surface area (Å²) in [5.74, 6) is 1.34. The summed E-state index contributed by atoms with van der Waals surface area (Å²) < 4.78 is 24.3. The SMILES string of the molecule is CCOC(=O)Cc1cc(COC)ccc1OCc1nn(CC2CN(CCOC)C2)c2ccc(-c3ccc4ccnc(N)c4c3)cc12. The number of anilines is 1. The van der Waals surface area contributed by atoms with Crippen LogP contribution in [0.4, 0.5) is 5.82 Å². The molecule has 0 unspecified atom stereocenters. The molecule has 1 fully saturated rings. The van der Waals surface area contributed by atoms with E-state index in [0.29, 0.717) is 30.7 Å². The van der Waals surface area contributed by atoms with Gasteiger partial charge in [0.15, 0.2) is 0 Å². The minimum atomic E-state index is -0.299. The molecule has 0 amide bonds. The van der Waals surface area contributed by atoms with Gasteiger partial charge in [-0.2, -0.15) is 5.10 Å². The molecule has 5 aromatic rings. The first-order valence-corrected chi connectivity index (χ1v) is 15.7. The number of hydrogen-bond donors (Lipinski definition) is 1. The number of nitrogens with two attached hydrogens (primary N) is 1.